The van der Waals surface area contributed by atoms with Crippen molar-refractivity contribution in [3.63, 3.8) is 0 Å². The summed E-state index contributed by atoms with van der Waals surface area (Å²) in [6, 6.07) is 6.88. The average molecular weight is 354 g/mol. The van der Waals surface area contributed by atoms with E-state index in [9.17, 15) is 9.90 Å². The topological polar surface area (TPSA) is 49.8 Å². The lowest BCUT2D eigenvalue weighted by Gasteiger charge is -2.49. The molecule has 0 bridgehead atoms. The first-order valence-electron chi connectivity index (χ1n) is 8.48. The quantitative estimate of drug-likeness (QED) is 0.819. The fourth-order valence-corrected chi connectivity index (χ4v) is 3.60. The first-order chi connectivity index (χ1) is 11.0. The maximum atomic E-state index is 12.8. The van der Waals surface area contributed by atoms with E-state index in [1.54, 1.807) is 11.0 Å². The highest BCUT2D eigenvalue weighted by Crippen LogP contribution is 2.39. The van der Waals surface area contributed by atoms with Crippen molar-refractivity contribution in [1.29, 1.82) is 0 Å². The minimum atomic E-state index is -0.842. The summed E-state index contributed by atoms with van der Waals surface area (Å²) in [5.74, 6) is 0. The van der Waals surface area contributed by atoms with Crippen molar-refractivity contribution in [1.82, 2.24) is 4.90 Å². The molecule has 5 heteroatoms. The highest BCUT2D eigenvalue weighted by Gasteiger charge is 2.44. The van der Waals surface area contributed by atoms with Gasteiger partial charge in [-0.1, -0.05) is 29.8 Å². The number of aliphatic hydroxyl groups excluding tert-OH is 1. The van der Waals surface area contributed by atoms with E-state index < -0.39 is 11.7 Å². The summed E-state index contributed by atoms with van der Waals surface area (Å²) < 4.78 is 5.60. The number of benzene rings is 1. The van der Waals surface area contributed by atoms with E-state index in [0.29, 0.717) is 10.6 Å². The summed E-state index contributed by atoms with van der Waals surface area (Å²) in [5.41, 5.74) is -0.312. The normalized spacial score (nSPS) is 22.1. The van der Waals surface area contributed by atoms with Gasteiger partial charge in [-0.3, -0.25) is 4.90 Å². The number of hydrogen-bond acceptors (Lipinski definition) is 3. The molecule has 2 atom stereocenters. The second-order valence-electron chi connectivity index (χ2n) is 8.09. The van der Waals surface area contributed by atoms with Crippen LogP contribution in [0.5, 0.6) is 0 Å². The molecule has 0 aromatic heterocycles. The van der Waals surface area contributed by atoms with Crippen LogP contribution in [0.3, 0.4) is 0 Å². The van der Waals surface area contributed by atoms with Gasteiger partial charge in [0.25, 0.3) is 0 Å². The lowest BCUT2D eigenvalue weighted by Crippen LogP contribution is -2.58. The number of aliphatic hydroxyl groups is 1. The Morgan fingerprint density at radius 1 is 1.38 bits per heavy atom. The van der Waals surface area contributed by atoms with E-state index in [2.05, 4.69) is 0 Å². The summed E-state index contributed by atoms with van der Waals surface area (Å²) in [6.45, 7) is 9.58. The van der Waals surface area contributed by atoms with Crippen LogP contribution in [-0.2, 0) is 4.74 Å². The Morgan fingerprint density at radius 3 is 2.58 bits per heavy atom. The maximum Gasteiger partial charge on any atom is 0.411 e. The Labute approximate surface area is 149 Å². The first kappa shape index (κ1) is 19.1. The third kappa shape index (κ3) is 4.22. The van der Waals surface area contributed by atoms with Gasteiger partial charge < -0.3 is 9.84 Å². The Balaban J connectivity index is 2.35. The Kier molecular flexibility index (Phi) is 5.50. The van der Waals surface area contributed by atoms with Crippen molar-refractivity contribution in [2.45, 2.75) is 77.2 Å². The minimum absolute atomic E-state index is 0.358. The van der Waals surface area contributed by atoms with Crippen LogP contribution in [-0.4, -0.2) is 33.3 Å². The van der Waals surface area contributed by atoms with Gasteiger partial charge in [-0.2, -0.15) is 0 Å². The van der Waals surface area contributed by atoms with E-state index >= 15 is 0 Å². The van der Waals surface area contributed by atoms with Gasteiger partial charge >= 0.3 is 6.09 Å². The van der Waals surface area contributed by atoms with Crippen LogP contribution in [0.15, 0.2) is 24.3 Å². The van der Waals surface area contributed by atoms with E-state index in [4.69, 9.17) is 16.3 Å². The van der Waals surface area contributed by atoms with Gasteiger partial charge in [0.15, 0.2) is 0 Å². The molecule has 4 nitrogen and oxygen atoms in total. The zero-order valence-corrected chi connectivity index (χ0v) is 15.9. The number of nitrogens with zero attached hydrogens (tertiary/aromatic N) is 1. The molecule has 1 N–H and O–H groups in total. The fourth-order valence-electron chi connectivity index (χ4n) is 3.36. The highest BCUT2D eigenvalue weighted by atomic mass is 35.5. The largest absolute Gasteiger partial charge is 0.444 e. The molecule has 1 unspecified atom stereocenters. The van der Waals surface area contributed by atoms with Gasteiger partial charge in [-0.05, 0) is 59.9 Å². The van der Waals surface area contributed by atoms with E-state index in [1.807, 2.05) is 52.8 Å². The summed E-state index contributed by atoms with van der Waals surface area (Å²) >= 11 is 6.25. The summed E-state index contributed by atoms with van der Waals surface area (Å²) in [4.78, 5) is 14.5. The summed E-state index contributed by atoms with van der Waals surface area (Å²) in [5, 5.41) is 11.5. The number of rotatable bonds is 2. The number of likely N-dealkylation sites (tertiary alicyclic amines) is 1. The van der Waals surface area contributed by atoms with E-state index in [1.165, 1.54) is 0 Å². The molecular formula is C19H28ClNO3. The maximum absolute atomic E-state index is 12.8. The predicted octanol–water partition coefficient (Wildman–Crippen LogP) is 4.94. The molecule has 1 aromatic rings. The van der Waals surface area contributed by atoms with Crippen molar-refractivity contribution in [2.75, 3.05) is 0 Å². The van der Waals surface area contributed by atoms with Crippen LogP contribution in [0.25, 0.3) is 0 Å². The molecule has 134 valence electrons. The van der Waals surface area contributed by atoms with Crippen LogP contribution in [0.1, 0.15) is 65.5 Å². The van der Waals surface area contributed by atoms with Gasteiger partial charge in [0, 0.05) is 16.1 Å². The molecule has 2 rings (SSSR count). The number of hydrogen-bond donors (Lipinski definition) is 1. The summed E-state index contributed by atoms with van der Waals surface area (Å²) in [7, 11) is 0. The number of halogens is 1. The molecule has 0 spiro atoms. The van der Waals surface area contributed by atoms with Gasteiger partial charge in [0.05, 0.1) is 6.04 Å². The van der Waals surface area contributed by atoms with Crippen molar-refractivity contribution >= 4 is 17.7 Å². The van der Waals surface area contributed by atoms with Crippen molar-refractivity contribution in [2.24, 2.45) is 0 Å². The number of ether oxygens (including phenoxy) is 1. The number of carbonyl (C=O) groups excluding carboxylic acids is 1. The first-order valence-corrected chi connectivity index (χ1v) is 8.85. The van der Waals surface area contributed by atoms with Gasteiger partial charge in [0.1, 0.15) is 11.7 Å². The zero-order chi connectivity index (χ0) is 18.1. The number of piperidine rings is 1. The van der Waals surface area contributed by atoms with Crippen molar-refractivity contribution in [3.05, 3.63) is 34.9 Å². The molecular weight excluding hydrogens is 326 g/mol. The van der Waals surface area contributed by atoms with Crippen LogP contribution in [0.4, 0.5) is 4.79 Å². The molecule has 1 saturated heterocycles. The molecule has 1 aromatic carbocycles. The number of carbonyl (C=O) groups is 1. The monoisotopic (exact) mass is 353 g/mol. The molecule has 0 radical (unpaired) electrons. The summed E-state index contributed by atoms with van der Waals surface area (Å²) in [6.07, 6.45) is 1.31. The lowest BCUT2D eigenvalue weighted by atomic mass is 9.83. The molecule has 1 amide bonds. The smallest absolute Gasteiger partial charge is 0.411 e. The van der Waals surface area contributed by atoms with E-state index in [-0.39, 0.29) is 17.7 Å². The Hall–Kier alpha value is -1.26. The zero-order valence-electron chi connectivity index (χ0n) is 15.2. The third-order valence-corrected chi connectivity index (χ3v) is 4.79. The standard InChI is InChI=1S/C19H28ClNO3/c1-18(2,3)24-17(23)21-15(11-8-12-19(21,4)5)16(22)13-9-6-7-10-14(13)20/h6-7,9-10,15-16,22H,8,11-12H2,1-5H3/t15-,16?/m1/s1. The molecule has 1 heterocycles. The molecule has 0 aliphatic carbocycles. The lowest BCUT2D eigenvalue weighted by molar-refractivity contribution is -0.0575. The van der Waals surface area contributed by atoms with Gasteiger partial charge in [-0.15, -0.1) is 0 Å². The fraction of sp³-hybridized carbons (Fsp3) is 0.632. The van der Waals surface area contributed by atoms with Crippen LogP contribution >= 0.6 is 11.6 Å². The van der Waals surface area contributed by atoms with Crippen molar-refractivity contribution in [3.8, 4) is 0 Å². The van der Waals surface area contributed by atoms with Crippen LogP contribution in [0, 0.1) is 0 Å². The molecule has 0 saturated carbocycles. The van der Waals surface area contributed by atoms with Crippen LogP contribution in [0.2, 0.25) is 5.02 Å². The number of amides is 1. The molecule has 1 aliphatic heterocycles. The molecule has 24 heavy (non-hydrogen) atoms. The van der Waals surface area contributed by atoms with Crippen molar-refractivity contribution < 1.29 is 14.6 Å². The minimum Gasteiger partial charge on any atom is -0.444 e. The second kappa shape index (κ2) is 6.93. The second-order valence-corrected chi connectivity index (χ2v) is 8.50. The SMILES string of the molecule is CC(C)(C)OC(=O)N1[C@@H](C(O)c2ccccc2Cl)CCCC1(C)C. The van der Waals surface area contributed by atoms with Crippen LogP contribution < -0.4 is 0 Å². The Morgan fingerprint density at radius 2 is 2.00 bits per heavy atom. The third-order valence-electron chi connectivity index (χ3n) is 4.45. The van der Waals surface area contributed by atoms with Gasteiger partial charge in [-0.25, -0.2) is 4.79 Å². The highest BCUT2D eigenvalue weighted by molar-refractivity contribution is 6.31. The Bertz CT molecular complexity index is 595. The predicted molar refractivity (Wildman–Crippen MR) is 96.2 cm³/mol. The van der Waals surface area contributed by atoms with Gasteiger partial charge in [0.2, 0.25) is 0 Å². The average Bonchev–Trinajstić information content (AvgIpc) is 2.43. The molecule has 1 aliphatic rings. The van der Waals surface area contributed by atoms with E-state index in [0.717, 1.165) is 19.3 Å². The molecule has 1 fully saturated rings.